The van der Waals surface area contributed by atoms with Gasteiger partial charge in [-0.1, -0.05) is 6.07 Å². The van der Waals surface area contributed by atoms with Crippen LogP contribution in [0.25, 0.3) is 0 Å². The van der Waals surface area contributed by atoms with Crippen LogP contribution in [0, 0.1) is 6.92 Å². The Balaban J connectivity index is 2.24. The molecule has 0 aliphatic carbocycles. The number of carbonyl (C=O) groups is 1. The number of hydrogen-bond acceptors (Lipinski definition) is 5. The van der Waals surface area contributed by atoms with Gasteiger partial charge in [0.15, 0.2) is 5.69 Å². The SMILES string of the molecule is Cc1cc(C(=O)O)nc(N(C)Cc2cccs2)n1. The number of hydrogen-bond donors (Lipinski definition) is 1. The lowest BCUT2D eigenvalue weighted by Gasteiger charge is -2.16. The zero-order chi connectivity index (χ0) is 13.1. The lowest BCUT2D eigenvalue weighted by atomic mass is 10.3. The first-order chi connectivity index (χ1) is 8.56. The lowest BCUT2D eigenvalue weighted by molar-refractivity contribution is 0.0690. The first-order valence-corrected chi connectivity index (χ1v) is 6.26. The number of carboxylic acid groups (broad SMARTS) is 1. The second kappa shape index (κ2) is 5.14. The van der Waals surface area contributed by atoms with Gasteiger partial charge in [0.1, 0.15) is 0 Å². The van der Waals surface area contributed by atoms with Crippen LogP contribution >= 0.6 is 11.3 Å². The van der Waals surface area contributed by atoms with Crippen LogP contribution in [0.15, 0.2) is 23.6 Å². The highest BCUT2D eigenvalue weighted by Gasteiger charge is 2.12. The summed E-state index contributed by atoms with van der Waals surface area (Å²) in [5.74, 6) is -0.605. The van der Waals surface area contributed by atoms with Crippen molar-refractivity contribution in [1.29, 1.82) is 0 Å². The Morgan fingerprint density at radius 2 is 2.28 bits per heavy atom. The minimum Gasteiger partial charge on any atom is -0.477 e. The molecule has 0 unspecified atom stereocenters. The van der Waals surface area contributed by atoms with Crippen LogP contribution < -0.4 is 4.90 Å². The number of aryl methyl sites for hydroxylation is 1. The molecule has 0 bridgehead atoms. The van der Waals surface area contributed by atoms with E-state index in [1.54, 1.807) is 18.3 Å². The average molecular weight is 263 g/mol. The number of anilines is 1. The molecule has 0 amide bonds. The Kier molecular flexibility index (Phi) is 3.57. The fourth-order valence-electron chi connectivity index (χ4n) is 1.54. The number of thiophene rings is 1. The molecule has 0 fully saturated rings. The fraction of sp³-hybridized carbons (Fsp3) is 0.250. The molecular weight excluding hydrogens is 250 g/mol. The van der Waals surface area contributed by atoms with E-state index in [9.17, 15) is 4.79 Å². The largest absolute Gasteiger partial charge is 0.477 e. The molecule has 18 heavy (non-hydrogen) atoms. The van der Waals surface area contributed by atoms with Gasteiger partial charge in [0.25, 0.3) is 0 Å². The summed E-state index contributed by atoms with van der Waals surface area (Å²) >= 11 is 1.65. The van der Waals surface area contributed by atoms with E-state index >= 15 is 0 Å². The molecule has 2 aromatic heterocycles. The Morgan fingerprint density at radius 3 is 2.89 bits per heavy atom. The molecule has 0 radical (unpaired) electrons. The van der Waals surface area contributed by atoms with Crippen LogP contribution in [0.5, 0.6) is 0 Å². The van der Waals surface area contributed by atoms with E-state index in [0.717, 1.165) is 0 Å². The quantitative estimate of drug-likeness (QED) is 0.915. The van der Waals surface area contributed by atoms with Crippen LogP contribution in [-0.2, 0) is 6.54 Å². The van der Waals surface area contributed by atoms with Gasteiger partial charge in [-0.25, -0.2) is 14.8 Å². The van der Waals surface area contributed by atoms with Crippen molar-refractivity contribution in [3.8, 4) is 0 Å². The average Bonchev–Trinajstić information content (AvgIpc) is 2.80. The van der Waals surface area contributed by atoms with Crippen molar-refractivity contribution < 1.29 is 9.90 Å². The maximum absolute atomic E-state index is 10.9. The third-order valence-electron chi connectivity index (χ3n) is 2.38. The molecule has 94 valence electrons. The molecular formula is C12H13N3O2S. The van der Waals surface area contributed by atoms with Crippen LogP contribution in [0.4, 0.5) is 5.95 Å². The summed E-state index contributed by atoms with van der Waals surface area (Å²) in [7, 11) is 1.85. The van der Waals surface area contributed by atoms with Gasteiger partial charge in [0.05, 0.1) is 6.54 Å². The van der Waals surface area contributed by atoms with Crippen molar-refractivity contribution in [2.75, 3.05) is 11.9 Å². The van der Waals surface area contributed by atoms with E-state index in [1.807, 2.05) is 29.5 Å². The second-order valence-electron chi connectivity index (χ2n) is 3.94. The molecule has 1 N–H and O–H groups in total. The third kappa shape index (κ3) is 2.84. The van der Waals surface area contributed by atoms with Crippen LogP contribution in [0.2, 0.25) is 0 Å². The normalized spacial score (nSPS) is 10.3. The minimum absolute atomic E-state index is 0.0236. The molecule has 0 aromatic carbocycles. The maximum atomic E-state index is 10.9. The number of aromatic carboxylic acids is 1. The van der Waals surface area contributed by atoms with E-state index in [-0.39, 0.29) is 5.69 Å². The molecule has 2 aromatic rings. The van der Waals surface area contributed by atoms with Crippen molar-refractivity contribution in [2.24, 2.45) is 0 Å². The predicted octanol–water partition coefficient (Wildman–Crippen LogP) is 2.18. The number of carboxylic acids is 1. The second-order valence-corrected chi connectivity index (χ2v) is 4.97. The van der Waals surface area contributed by atoms with Crippen LogP contribution in [-0.4, -0.2) is 28.1 Å². The number of nitrogens with zero attached hydrogens (tertiary/aromatic N) is 3. The van der Waals surface area contributed by atoms with Gasteiger partial charge in [-0.2, -0.15) is 0 Å². The molecule has 5 nitrogen and oxygen atoms in total. The molecule has 2 rings (SSSR count). The van der Waals surface area contributed by atoms with E-state index in [1.165, 1.54) is 10.9 Å². The number of aromatic nitrogens is 2. The van der Waals surface area contributed by atoms with Crippen molar-refractivity contribution in [3.05, 3.63) is 39.8 Å². The summed E-state index contributed by atoms with van der Waals surface area (Å²) in [5, 5.41) is 11.0. The van der Waals surface area contributed by atoms with Crippen molar-refractivity contribution in [3.63, 3.8) is 0 Å². The number of rotatable bonds is 4. The highest BCUT2D eigenvalue weighted by atomic mass is 32.1. The Bertz CT molecular complexity index is 554. The topological polar surface area (TPSA) is 66.3 Å². The van der Waals surface area contributed by atoms with Gasteiger partial charge in [0.2, 0.25) is 5.95 Å². The molecule has 0 aliphatic rings. The smallest absolute Gasteiger partial charge is 0.354 e. The Hall–Kier alpha value is -1.95. The summed E-state index contributed by atoms with van der Waals surface area (Å²) in [4.78, 5) is 22.2. The molecule has 0 saturated heterocycles. The molecule has 2 heterocycles. The molecule has 0 spiro atoms. The summed E-state index contributed by atoms with van der Waals surface area (Å²) < 4.78 is 0. The van der Waals surface area contributed by atoms with E-state index in [2.05, 4.69) is 9.97 Å². The first-order valence-electron chi connectivity index (χ1n) is 5.39. The molecule has 0 saturated carbocycles. The summed E-state index contributed by atoms with van der Waals surface area (Å²) in [5.41, 5.74) is 0.672. The van der Waals surface area contributed by atoms with Gasteiger partial charge in [0, 0.05) is 17.6 Å². The standard InChI is InChI=1S/C12H13N3O2S/c1-8-6-10(11(16)17)14-12(13-8)15(2)7-9-4-3-5-18-9/h3-6H,7H2,1-2H3,(H,16,17). The van der Waals surface area contributed by atoms with Crippen molar-refractivity contribution in [2.45, 2.75) is 13.5 Å². The molecule has 0 atom stereocenters. The predicted molar refractivity (Wildman–Crippen MR) is 70.2 cm³/mol. The minimum atomic E-state index is -1.04. The van der Waals surface area contributed by atoms with Crippen LogP contribution in [0.1, 0.15) is 21.1 Å². The third-order valence-corrected chi connectivity index (χ3v) is 3.24. The zero-order valence-corrected chi connectivity index (χ0v) is 10.9. The van der Waals surface area contributed by atoms with Crippen molar-refractivity contribution in [1.82, 2.24) is 9.97 Å². The highest BCUT2D eigenvalue weighted by Crippen LogP contribution is 2.15. The van der Waals surface area contributed by atoms with Gasteiger partial charge >= 0.3 is 5.97 Å². The monoisotopic (exact) mass is 263 g/mol. The Morgan fingerprint density at radius 1 is 1.50 bits per heavy atom. The highest BCUT2D eigenvalue weighted by molar-refractivity contribution is 7.09. The summed E-state index contributed by atoms with van der Waals surface area (Å²) in [6.07, 6.45) is 0. The van der Waals surface area contributed by atoms with Crippen LogP contribution in [0.3, 0.4) is 0 Å². The fourth-order valence-corrected chi connectivity index (χ4v) is 2.30. The Labute approximate surface area is 109 Å². The van der Waals surface area contributed by atoms with Crippen molar-refractivity contribution >= 4 is 23.3 Å². The van der Waals surface area contributed by atoms with E-state index < -0.39 is 5.97 Å². The van der Waals surface area contributed by atoms with E-state index in [0.29, 0.717) is 18.2 Å². The summed E-state index contributed by atoms with van der Waals surface area (Å²) in [6.45, 7) is 2.43. The van der Waals surface area contributed by atoms with Gasteiger partial charge in [-0.05, 0) is 24.4 Å². The first kappa shape index (κ1) is 12.5. The lowest BCUT2D eigenvalue weighted by Crippen LogP contribution is -2.20. The van der Waals surface area contributed by atoms with Gasteiger partial charge in [-0.15, -0.1) is 11.3 Å². The molecule has 0 aliphatic heterocycles. The zero-order valence-electron chi connectivity index (χ0n) is 10.1. The van der Waals surface area contributed by atoms with Gasteiger partial charge < -0.3 is 10.0 Å². The van der Waals surface area contributed by atoms with Gasteiger partial charge in [-0.3, -0.25) is 0 Å². The summed E-state index contributed by atoms with van der Waals surface area (Å²) in [6, 6.07) is 5.47. The van der Waals surface area contributed by atoms with E-state index in [4.69, 9.17) is 5.11 Å². The maximum Gasteiger partial charge on any atom is 0.354 e. The molecule has 6 heteroatoms.